The Hall–Kier alpha value is -1.18. The third kappa shape index (κ3) is 4.39. The molecular formula is C13H17ClFNO4S. The van der Waals surface area contributed by atoms with E-state index >= 15 is 0 Å². The topological polar surface area (TPSA) is 72.5 Å². The van der Waals surface area contributed by atoms with Gasteiger partial charge in [-0.2, -0.15) is 4.72 Å². The molecule has 0 heterocycles. The smallest absolute Gasteiger partial charge is 0.324 e. The normalized spacial score (nSPS) is 14.5. The van der Waals surface area contributed by atoms with E-state index in [1.54, 1.807) is 13.8 Å². The van der Waals surface area contributed by atoms with Crippen LogP contribution in [0.15, 0.2) is 23.1 Å². The molecule has 8 heteroatoms. The number of esters is 1. The lowest BCUT2D eigenvalue weighted by Gasteiger charge is -2.21. The molecule has 1 rings (SSSR count). The highest BCUT2D eigenvalue weighted by Gasteiger charge is 2.31. The summed E-state index contributed by atoms with van der Waals surface area (Å²) in [5, 5.41) is 0.0814. The standard InChI is InChI=1S/C13H17ClFNO4S/c1-4-8(2)12(13(17)20-3)16-21(18,19)11-6-5-9(14)7-10(11)15/h5-8,12,16H,4H2,1-3H3/t8-,12-/m0/s1. The van der Waals surface area contributed by atoms with Gasteiger partial charge in [0.15, 0.2) is 0 Å². The number of nitrogens with one attached hydrogen (secondary N) is 1. The van der Waals surface area contributed by atoms with Crippen molar-refractivity contribution < 1.29 is 22.3 Å². The first-order valence-corrected chi connectivity index (χ1v) is 8.14. The minimum Gasteiger partial charge on any atom is -0.468 e. The van der Waals surface area contributed by atoms with Crippen LogP contribution in [-0.4, -0.2) is 27.5 Å². The van der Waals surface area contributed by atoms with Crippen LogP contribution in [0.25, 0.3) is 0 Å². The molecule has 0 spiro atoms. The molecule has 0 fully saturated rings. The van der Waals surface area contributed by atoms with Crippen LogP contribution < -0.4 is 4.72 Å². The predicted octanol–water partition coefficient (Wildman–Crippen LogP) is 2.35. The molecule has 2 atom stereocenters. The van der Waals surface area contributed by atoms with Crippen molar-refractivity contribution in [2.24, 2.45) is 5.92 Å². The molecule has 0 bridgehead atoms. The van der Waals surface area contributed by atoms with Crippen molar-refractivity contribution in [2.75, 3.05) is 7.11 Å². The summed E-state index contributed by atoms with van der Waals surface area (Å²) in [5.74, 6) is -2.01. The first kappa shape index (κ1) is 17.9. The van der Waals surface area contributed by atoms with Gasteiger partial charge in [0.1, 0.15) is 16.8 Å². The Morgan fingerprint density at radius 2 is 2.10 bits per heavy atom. The lowest BCUT2D eigenvalue weighted by Crippen LogP contribution is -2.45. The number of sulfonamides is 1. The zero-order valence-corrected chi connectivity index (χ0v) is 13.5. The van der Waals surface area contributed by atoms with Gasteiger partial charge in [-0.15, -0.1) is 0 Å². The van der Waals surface area contributed by atoms with E-state index in [0.717, 1.165) is 19.2 Å². The number of carbonyl (C=O) groups excluding carboxylic acids is 1. The van der Waals surface area contributed by atoms with Crippen LogP contribution in [0.3, 0.4) is 0 Å². The average Bonchev–Trinajstić information content (AvgIpc) is 2.42. The third-order valence-corrected chi connectivity index (χ3v) is 4.84. The van der Waals surface area contributed by atoms with E-state index in [1.807, 2.05) is 0 Å². The van der Waals surface area contributed by atoms with Crippen LogP contribution in [0.2, 0.25) is 5.02 Å². The van der Waals surface area contributed by atoms with Crippen LogP contribution in [0, 0.1) is 11.7 Å². The van der Waals surface area contributed by atoms with Crippen molar-refractivity contribution in [1.29, 1.82) is 0 Å². The average molecular weight is 338 g/mol. The molecule has 5 nitrogen and oxygen atoms in total. The van der Waals surface area contributed by atoms with Crippen molar-refractivity contribution in [1.82, 2.24) is 4.72 Å². The molecule has 0 aliphatic rings. The number of hydrogen-bond acceptors (Lipinski definition) is 4. The second kappa shape index (κ2) is 7.20. The molecule has 1 aromatic carbocycles. The van der Waals surface area contributed by atoms with Gasteiger partial charge in [0.2, 0.25) is 10.0 Å². The highest BCUT2D eigenvalue weighted by Crippen LogP contribution is 2.20. The van der Waals surface area contributed by atoms with Crippen molar-refractivity contribution in [3.8, 4) is 0 Å². The third-order valence-electron chi connectivity index (χ3n) is 3.13. The van der Waals surface area contributed by atoms with Crippen molar-refractivity contribution in [3.05, 3.63) is 29.0 Å². The second-order valence-corrected chi connectivity index (χ2v) is 6.70. The first-order chi connectivity index (χ1) is 9.72. The molecule has 118 valence electrons. The van der Waals surface area contributed by atoms with Gasteiger partial charge >= 0.3 is 5.97 Å². The Morgan fingerprint density at radius 3 is 2.57 bits per heavy atom. The number of ether oxygens (including phenoxy) is 1. The van der Waals surface area contributed by atoms with Crippen LogP contribution in [-0.2, 0) is 19.6 Å². The van der Waals surface area contributed by atoms with Gasteiger partial charge in [0.05, 0.1) is 7.11 Å². The Balaban J connectivity index is 3.14. The Morgan fingerprint density at radius 1 is 1.48 bits per heavy atom. The molecule has 0 unspecified atom stereocenters. The van der Waals surface area contributed by atoms with Crippen molar-refractivity contribution >= 4 is 27.6 Å². The van der Waals surface area contributed by atoms with Crippen molar-refractivity contribution in [3.63, 3.8) is 0 Å². The van der Waals surface area contributed by atoms with Crippen LogP contribution in [0.5, 0.6) is 0 Å². The Bertz CT molecular complexity index is 621. The minimum absolute atomic E-state index is 0.0814. The fourth-order valence-corrected chi connectivity index (χ4v) is 3.19. The SMILES string of the molecule is CC[C@H](C)[C@H](NS(=O)(=O)c1ccc(Cl)cc1F)C(=O)OC. The maximum atomic E-state index is 13.7. The van der Waals surface area contributed by atoms with Gasteiger partial charge < -0.3 is 4.74 Å². The van der Waals surface area contributed by atoms with Gasteiger partial charge in [-0.1, -0.05) is 31.9 Å². The predicted molar refractivity (Wildman–Crippen MR) is 77.0 cm³/mol. The molecule has 0 aromatic heterocycles. The summed E-state index contributed by atoms with van der Waals surface area (Å²) in [5.41, 5.74) is 0. The Labute approximate surface area is 128 Å². The number of halogens is 2. The maximum Gasteiger partial charge on any atom is 0.324 e. The largest absolute Gasteiger partial charge is 0.468 e. The summed E-state index contributed by atoms with van der Waals surface area (Å²) in [6.45, 7) is 3.50. The molecule has 0 saturated heterocycles. The number of hydrogen-bond donors (Lipinski definition) is 1. The zero-order chi connectivity index (χ0) is 16.2. The monoisotopic (exact) mass is 337 g/mol. The number of methoxy groups -OCH3 is 1. The van der Waals surface area contributed by atoms with E-state index < -0.39 is 32.7 Å². The molecular weight excluding hydrogens is 321 g/mol. The number of rotatable bonds is 6. The molecule has 0 amide bonds. The number of carbonyl (C=O) groups is 1. The molecule has 1 aromatic rings. The lowest BCUT2D eigenvalue weighted by molar-refractivity contribution is -0.143. The van der Waals surface area contributed by atoms with Crippen LogP contribution in [0.1, 0.15) is 20.3 Å². The summed E-state index contributed by atoms with van der Waals surface area (Å²) >= 11 is 5.59. The van der Waals surface area contributed by atoms with E-state index in [-0.39, 0.29) is 10.9 Å². The zero-order valence-electron chi connectivity index (χ0n) is 11.9. The van der Waals surface area contributed by atoms with Crippen LogP contribution >= 0.6 is 11.6 Å². The molecule has 0 saturated carbocycles. The van der Waals surface area contributed by atoms with E-state index in [4.69, 9.17) is 11.6 Å². The van der Waals surface area contributed by atoms with E-state index in [9.17, 15) is 17.6 Å². The molecule has 0 aliphatic heterocycles. The van der Waals surface area contributed by atoms with E-state index in [0.29, 0.717) is 6.42 Å². The summed E-state index contributed by atoms with van der Waals surface area (Å²) in [6, 6.07) is 2.12. The quantitative estimate of drug-likeness (QED) is 0.809. The Kier molecular flexibility index (Phi) is 6.12. The highest BCUT2D eigenvalue weighted by molar-refractivity contribution is 7.89. The van der Waals surface area contributed by atoms with Gasteiger partial charge in [-0.05, 0) is 24.1 Å². The minimum atomic E-state index is -4.20. The lowest BCUT2D eigenvalue weighted by atomic mass is 10.0. The molecule has 1 N–H and O–H groups in total. The molecule has 21 heavy (non-hydrogen) atoms. The summed E-state index contributed by atoms with van der Waals surface area (Å²) < 4.78 is 44.9. The summed E-state index contributed by atoms with van der Waals surface area (Å²) in [4.78, 5) is 11.1. The fourth-order valence-electron chi connectivity index (χ4n) is 1.68. The molecule has 0 radical (unpaired) electrons. The van der Waals surface area contributed by atoms with E-state index in [1.165, 1.54) is 6.07 Å². The van der Waals surface area contributed by atoms with Gasteiger partial charge in [-0.3, -0.25) is 4.79 Å². The van der Waals surface area contributed by atoms with Gasteiger partial charge in [0.25, 0.3) is 0 Å². The summed E-state index contributed by atoms with van der Waals surface area (Å²) in [7, 11) is -3.04. The number of benzene rings is 1. The van der Waals surface area contributed by atoms with Crippen LogP contribution in [0.4, 0.5) is 4.39 Å². The first-order valence-electron chi connectivity index (χ1n) is 6.28. The van der Waals surface area contributed by atoms with Gasteiger partial charge in [-0.25, -0.2) is 12.8 Å². The summed E-state index contributed by atoms with van der Waals surface area (Å²) in [6.07, 6.45) is 0.547. The van der Waals surface area contributed by atoms with Gasteiger partial charge in [0, 0.05) is 5.02 Å². The fraction of sp³-hybridized carbons (Fsp3) is 0.462. The van der Waals surface area contributed by atoms with E-state index in [2.05, 4.69) is 9.46 Å². The second-order valence-electron chi connectivity index (χ2n) is 4.58. The van der Waals surface area contributed by atoms with Crippen molar-refractivity contribution in [2.45, 2.75) is 31.2 Å². The highest BCUT2D eigenvalue weighted by atomic mass is 35.5. The maximum absolute atomic E-state index is 13.7. The molecule has 0 aliphatic carbocycles.